The van der Waals surface area contributed by atoms with Crippen LogP contribution >= 0.6 is 0 Å². The first-order valence-electron chi connectivity index (χ1n) is 7.80. The van der Waals surface area contributed by atoms with Gasteiger partial charge in [0.05, 0.1) is 6.42 Å². The van der Waals surface area contributed by atoms with Crippen LogP contribution in [0.5, 0.6) is 0 Å². The Bertz CT molecular complexity index is 725. The first kappa shape index (κ1) is 15.3. The fourth-order valence-corrected chi connectivity index (χ4v) is 2.98. The molecule has 4 nitrogen and oxygen atoms in total. The first-order chi connectivity index (χ1) is 11.1. The maximum Gasteiger partial charge on any atom is 0.303 e. The summed E-state index contributed by atoms with van der Waals surface area (Å²) in [5, 5.41) is 8.68. The lowest BCUT2D eigenvalue weighted by Gasteiger charge is -2.19. The zero-order valence-corrected chi connectivity index (χ0v) is 12.9. The number of carboxylic acids is 1. The molecule has 0 saturated carbocycles. The van der Waals surface area contributed by atoms with E-state index < -0.39 is 5.97 Å². The molecule has 1 aliphatic rings. The third-order valence-corrected chi connectivity index (χ3v) is 4.18. The highest BCUT2D eigenvalue weighted by molar-refractivity contribution is 5.98. The second kappa shape index (κ2) is 6.65. The van der Waals surface area contributed by atoms with E-state index in [1.54, 1.807) is 0 Å². The van der Waals surface area contributed by atoms with E-state index >= 15 is 0 Å². The van der Waals surface area contributed by atoms with E-state index in [0.29, 0.717) is 5.56 Å². The average Bonchev–Trinajstić information content (AvgIpc) is 2.96. The summed E-state index contributed by atoms with van der Waals surface area (Å²) < 4.78 is 0. The second-order valence-electron chi connectivity index (χ2n) is 5.82. The van der Waals surface area contributed by atoms with E-state index in [-0.39, 0.29) is 18.6 Å². The van der Waals surface area contributed by atoms with Crippen LogP contribution in [0.1, 0.15) is 34.3 Å². The van der Waals surface area contributed by atoms with Crippen molar-refractivity contribution < 1.29 is 14.7 Å². The molecule has 0 aromatic heterocycles. The van der Waals surface area contributed by atoms with Gasteiger partial charge in [-0.3, -0.25) is 9.59 Å². The molecule has 0 unspecified atom stereocenters. The van der Waals surface area contributed by atoms with Gasteiger partial charge in [0.2, 0.25) is 0 Å². The van der Waals surface area contributed by atoms with Gasteiger partial charge in [0.1, 0.15) is 0 Å². The van der Waals surface area contributed by atoms with Crippen molar-refractivity contribution in [2.24, 2.45) is 0 Å². The Hall–Kier alpha value is -2.62. The third kappa shape index (κ3) is 3.59. The van der Waals surface area contributed by atoms with Gasteiger partial charge in [-0.15, -0.1) is 0 Å². The molecule has 0 atom stereocenters. The van der Waals surface area contributed by atoms with Gasteiger partial charge in [-0.25, -0.2) is 0 Å². The lowest BCUT2D eigenvalue weighted by molar-refractivity contribution is -0.136. The average molecular weight is 309 g/mol. The molecule has 0 saturated heterocycles. The molecule has 0 aliphatic carbocycles. The molecule has 0 spiro atoms. The predicted octanol–water partition coefficient (Wildman–Crippen LogP) is 3.30. The molecule has 118 valence electrons. The number of hydrogen-bond donors (Lipinski definition) is 1. The van der Waals surface area contributed by atoms with E-state index in [9.17, 15) is 9.59 Å². The summed E-state index contributed by atoms with van der Waals surface area (Å²) in [5.41, 5.74) is 4.22. The molecule has 23 heavy (non-hydrogen) atoms. The van der Waals surface area contributed by atoms with Crippen molar-refractivity contribution in [3.05, 3.63) is 65.2 Å². The van der Waals surface area contributed by atoms with Crippen molar-refractivity contribution in [2.75, 3.05) is 11.4 Å². The normalized spacial score (nSPS) is 13.0. The van der Waals surface area contributed by atoms with Gasteiger partial charge >= 0.3 is 5.97 Å². The number of nitrogens with zero attached hydrogens (tertiary/aromatic N) is 1. The van der Waals surface area contributed by atoms with Crippen molar-refractivity contribution in [1.82, 2.24) is 0 Å². The van der Waals surface area contributed by atoms with E-state index in [4.69, 9.17) is 5.11 Å². The second-order valence-corrected chi connectivity index (χ2v) is 5.82. The maximum absolute atomic E-state index is 12.0. The predicted molar refractivity (Wildman–Crippen MR) is 88.8 cm³/mol. The summed E-state index contributed by atoms with van der Waals surface area (Å²) in [4.78, 5) is 24.9. The van der Waals surface area contributed by atoms with E-state index in [1.807, 2.05) is 36.4 Å². The summed E-state index contributed by atoms with van der Waals surface area (Å²) >= 11 is 0. The molecule has 1 N–H and O–H groups in total. The molecule has 3 rings (SSSR count). The summed E-state index contributed by atoms with van der Waals surface area (Å²) in [6.45, 7) is 1.80. The Morgan fingerprint density at radius 2 is 1.83 bits per heavy atom. The molecular weight excluding hydrogens is 290 g/mol. The topological polar surface area (TPSA) is 57.6 Å². The number of hydrogen-bond acceptors (Lipinski definition) is 3. The molecule has 0 radical (unpaired) electrons. The van der Waals surface area contributed by atoms with Crippen LogP contribution in [-0.2, 0) is 17.8 Å². The summed E-state index contributed by atoms with van der Waals surface area (Å²) in [6, 6.07) is 16.0. The van der Waals surface area contributed by atoms with Gasteiger partial charge in [0.25, 0.3) is 0 Å². The minimum Gasteiger partial charge on any atom is -0.481 e. The highest BCUT2D eigenvalue weighted by Gasteiger charge is 2.20. The zero-order chi connectivity index (χ0) is 16.2. The fraction of sp³-hybridized carbons (Fsp3) is 0.263. The van der Waals surface area contributed by atoms with Crippen molar-refractivity contribution >= 4 is 17.4 Å². The molecule has 1 heterocycles. The molecule has 0 fully saturated rings. The van der Waals surface area contributed by atoms with Gasteiger partial charge in [-0.2, -0.15) is 0 Å². The maximum atomic E-state index is 12.0. The van der Waals surface area contributed by atoms with Crippen LogP contribution < -0.4 is 4.90 Å². The van der Waals surface area contributed by atoms with Gasteiger partial charge in [-0.1, -0.05) is 30.3 Å². The van der Waals surface area contributed by atoms with Crippen LogP contribution in [0.3, 0.4) is 0 Å². The number of carbonyl (C=O) groups excluding carboxylic acids is 1. The van der Waals surface area contributed by atoms with Crippen molar-refractivity contribution in [2.45, 2.75) is 25.8 Å². The minimum atomic E-state index is -0.937. The van der Waals surface area contributed by atoms with Crippen LogP contribution in [0.4, 0.5) is 5.69 Å². The highest BCUT2D eigenvalue weighted by Crippen LogP contribution is 2.30. The smallest absolute Gasteiger partial charge is 0.303 e. The van der Waals surface area contributed by atoms with E-state index in [1.165, 1.54) is 16.8 Å². The molecule has 0 amide bonds. The van der Waals surface area contributed by atoms with Gasteiger partial charge in [0.15, 0.2) is 5.78 Å². The Kier molecular flexibility index (Phi) is 4.42. The SMILES string of the molecule is O=C(O)CCC(=O)c1ccc2c(c1)CCN2Cc1ccccc1. The monoisotopic (exact) mass is 309 g/mol. The third-order valence-electron chi connectivity index (χ3n) is 4.18. The van der Waals surface area contributed by atoms with Crippen LogP contribution in [-0.4, -0.2) is 23.4 Å². The molecule has 0 bridgehead atoms. The highest BCUT2D eigenvalue weighted by atomic mass is 16.4. The zero-order valence-electron chi connectivity index (χ0n) is 12.9. The summed E-state index contributed by atoms with van der Waals surface area (Å²) in [7, 11) is 0. The number of fused-ring (bicyclic) bond motifs is 1. The minimum absolute atomic E-state index is 0.0574. The molecule has 2 aromatic carbocycles. The van der Waals surface area contributed by atoms with Gasteiger partial charge in [-0.05, 0) is 35.7 Å². The van der Waals surface area contributed by atoms with Crippen molar-refractivity contribution in [3.8, 4) is 0 Å². The number of anilines is 1. The number of benzene rings is 2. The van der Waals surface area contributed by atoms with Crippen LogP contribution in [0.25, 0.3) is 0 Å². The quantitative estimate of drug-likeness (QED) is 0.832. The number of carboxylic acid groups (broad SMARTS) is 1. The Morgan fingerprint density at radius 3 is 2.57 bits per heavy atom. The molecular formula is C19H19NO3. The number of aliphatic carboxylic acids is 1. The van der Waals surface area contributed by atoms with Gasteiger partial charge < -0.3 is 10.0 Å². The van der Waals surface area contributed by atoms with Crippen LogP contribution in [0.15, 0.2) is 48.5 Å². The lowest BCUT2D eigenvalue weighted by atomic mass is 10.0. The Labute approximate surface area is 135 Å². The van der Waals surface area contributed by atoms with E-state index in [2.05, 4.69) is 17.0 Å². The van der Waals surface area contributed by atoms with Gasteiger partial charge in [0, 0.05) is 30.8 Å². The number of ketones is 1. The fourth-order valence-electron chi connectivity index (χ4n) is 2.98. The molecule has 1 aliphatic heterocycles. The summed E-state index contributed by atoms with van der Waals surface area (Å²) in [6.07, 6.45) is 0.861. The van der Waals surface area contributed by atoms with Crippen molar-refractivity contribution in [1.29, 1.82) is 0 Å². The van der Waals surface area contributed by atoms with Crippen LogP contribution in [0.2, 0.25) is 0 Å². The summed E-state index contributed by atoms with van der Waals surface area (Å²) in [5.74, 6) is -1.04. The first-order valence-corrected chi connectivity index (χ1v) is 7.80. The molecule has 2 aromatic rings. The Morgan fingerprint density at radius 1 is 1.04 bits per heavy atom. The number of carbonyl (C=O) groups is 2. The van der Waals surface area contributed by atoms with Crippen LogP contribution in [0, 0.1) is 0 Å². The molecule has 4 heteroatoms. The van der Waals surface area contributed by atoms with Crippen molar-refractivity contribution in [3.63, 3.8) is 0 Å². The standard InChI is InChI=1S/C19H19NO3/c21-18(8-9-19(22)23)16-6-7-17-15(12-16)10-11-20(17)13-14-4-2-1-3-5-14/h1-7,12H,8-11,13H2,(H,22,23). The largest absolute Gasteiger partial charge is 0.481 e. The Balaban J connectivity index is 1.72. The van der Waals surface area contributed by atoms with E-state index in [0.717, 1.165) is 19.5 Å². The number of rotatable bonds is 6. The lowest BCUT2D eigenvalue weighted by Crippen LogP contribution is -2.19. The number of Topliss-reactive ketones (excluding diaryl/α,β-unsaturated/α-hetero) is 1.